The van der Waals surface area contributed by atoms with Crippen LogP contribution in [0.3, 0.4) is 0 Å². The first-order valence-electron chi connectivity index (χ1n) is 7.96. The van der Waals surface area contributed by atoms with Gasteiger partial charge < -0.3 is 14.2 Å². The van der Waals surface area contributed by atoms with Gasteiger partial charge in [0.05, 0.1) is 12.5 Å². The maximum atomic E-state index is 12.1. The van der Waals surface area contributed by atoms with E-state index in [1.54, 1.807) is 13.8 Å². The van der Waals surface area contributed by atoms with E-state index in [0.717, 1.165) is 12.0 Å². The van der Waals surface area contributed by atoms with Crippen LogP contribution in [0.1, 0.15) is 51.7 Å². The number of hydrogen-bond donors (Lipinski definition) is 0. The van der Waals surface area contributed by atoms with E-state index in [1.165, 1.54) is 12.5 Å². The highest BCUT2D eigenvalue weighted by molar-refractivity contribution is 5.77. The van der Waals surface area contributed by atoms with Gasteiger partial charge in [-0.3, -0.25) is 4.79 Å². The number of hydrogen-bond acceptors (Lipinski definition) is 5. The Morgan fingerprint density at radius 2 is 1.61 bits per heavy atom. The molecule has 0 aromatic heterocycles. The van der Waals surface area contributed by atoms with Gasteiger partial charge in [-0.15, -0.1) is 0 Å². The third kappa shape index (κ3) is 6.72. The minimum atomic E-state index is -0.982. The molecule has 0 radical (unpaired) electrons. The average molecular weight is 322 g/mol. The topological polar surface area (TPSA) is 61.8 Å². The highest BCUT2D eigenvalue weighted by Gasteiger charge is 2.21. The first-order valence-corrected chi connectivity index (χ1v) is 7.96. The summed E-state index contributed by atoms with van der Waals surface area (Å²) < 4.78 is 14.6. The van der Waals surface area contributed by atoms with Gasteiger partial charge in [-0.25, -0.2) is 4.79 Å². The lowest BCUT2D eigenvalue weighted by atomic mass is 9.97. The van der Waals surface area contributed by atoms with Crippen molar-refractivity contribution in [2.45, 2.75) is 53.2 Å². The molecule has 23 heavy (non-hydrogen) atoms. The van der Waals surface area contributed by atoms with Gasteiger partial charge in [0.1, 0.15) is 0 Å². The number of ether oxygens (including phenoxy) is 3. The van der Waals surface area contributed by atoms with E-state index in [2.05, 4.69) is 18.6 Å². The Morgan fingerprint density at radius 1 is 1.00 bits per heavy atom. The highest BCUT2D eigenvalue weighted by atomic mass is 16.8. The Hall–Kier alpha value is -2.04. The van der Waals surface area contributed by atoms with Crippen LogP contribution >= 0.6 is 0 Å². The summed E-state index contributed by atoms with van der Waals surface area (Å²) in [5.74, 6) is -0.293. The quantitative estimate of drug-likeness (QED) is 0.560. The van der Waals surface area contributed by atoms with Gasteiger partial charge in [-0.2, -0.15) is 0 Å². The van der Waals surface area contributed by atoms with Gasteiger partial charge in [-0.05, 0) is 37.3 Å². The van der Waals surface area contributed by atoms with E-state index in [9.17, 15) is 9.59 Å². The van der Waals surface area contributed by atoms with E-state index in [-0.39, 0.29) is 6.61 Å². The maximum Gasteiger partial charge on any atom is 0.511 e. The van der Waals surface area contributed by atoms with Crippen LogP contribution < -0.4 is 0 Å². The Labute approximate surface area is 137 Å². The highest BCUT2D eigenvalue weighted by Crippen LogP contribution is 2.19. The lowest BCUT2D eigenvalue weighted by molar-refractivity contribution is -0.169. The van der Waals surface area contributed by atoms with E-state index < -0.39 is 24.3 Å². The molecule has 1 aromatic carbocycles. The predicted molar refractivity (Wildman–Crippen MR) is 87.1 cm³/mol. The fourth-order valence-electron chi connectivity index (χ4n) is 2.13. The van der Waals surface area contributed by atoms with Crippen molar-refractivity contribution in [1.82, 2.24) is 0 Å². The maximum absolute atomic E-state index is 12.1. The molecule has 5 heteroatoms. The molecule has 0 saturated carbocycles. The van der Waals surface area contributed by atoms with Crippen molar-refractivity contribution >= 4 is 12.1 Å². The van der Waals surface area contributed by atoms with Crippen molar-refractivity contribution in [2.75, 3.05) is 6.61 Å². The van der Waals surface area contributed by atoms with Gasteiger partial charge in [-0.1, -0.05) is 38.1 Å². The van der Waals surface area contributed by atoms with Crippen molar-refractivity contribution < 1.29 is 23.8 Å². The molecule has 0 aliphatic heterocycles. The normalized spacial score (nSPS) is 13.3. The summed E-state index contributed by atoms with van der Waals surface area (Å²) in [5, 5.41) is 0. The summed E-state index contributed by atoms with van der Waals surface area (Å²) in [6.45, 7) is 9.45. The zero-order valence-corrected chi connectivity index (χ0v) is 14.5. The molecule has 0 bridgehead atoms. The van der Waals surface area contributed by atoms with Gasteiger partial charge in [0.25, 0.3) is 0 Å². The third-order valence-electron chi connectivity index (χ3n) is 3.28. The van der Waals surface area contributed by atoms with Crippen LogP contribution in [0.15, 0.2) is 24.3 Å². The standard InChI is InChI=1S/C18H26O5/c1-6-21-18(20)23-14(5)22-17(19)13(4)16-9-7-15(8-10-16)11-12(2)3/h7-10,12-14H,6,11H2,1-5H3. The Kier molecular flexibility index (Phi) is 7.59. The molecule has 0 N–H and O–H groups in total. The first-order chi connectivity index (χ1) is 10.8. The lowest BCUT2D eigenvalue weighted by Gasteiger charge is -2.17. The summed E-state index contributed by atoms with van der Waals surface area (Å²) >= 11 is 0. The number of carbonyl (C=O) groups excluding carboxylic acids is 2. The summed E-state index contributed by atoms with van der Waals surface area (Å²) in [6, 6.07) is 7.91. The van der Waals surface area contributed by atoms with Crippen molar-refractivity contribution in [3.63, 3.8) is 0 Å². The molecule has 1 rings (SSSR count). The summed E-state index contributed by atoms with van der Waals surface area (Å²) in [4.78, 5) is 23.3. The van der Waals surface area contributed by atoms with Crippen molar-refractivity contribution in [3.8, 4) is 0 Å². The average Bonchev–Trinajstić information content (AvgIpc) is 2.46. The molecule has 5 nitrogen and oxygen atoms in total. The monoisotopic (exact) mass is 322 g/mol. The Bertz CT molecular complexity index is 507. The fourth-order valence-corrected chi connectivity index (χ4v) is 2.13. The molecule has 2 unspecified atom stereocenters. The number of rotatable bonds is 7. The second-order valence-electron chi connectivity index (χ2n) is 5.87. The number of esters is 1. The van der Waals surface area contributed by atoms with Crippen LogP contribution in [0.2, 0.25) is 0 Å². The minimum absolute atomic E-state index is 0.207. The van der Waals surface area contributed by atoms with E-state index >= 15 is 0 Å². The van der Waals surface area contributed by atoms with Gasteiger partial charge in [0, 0.05) is 6.92 Å². The summed E-state index contributed by atoms with van der Waals surface area (Å²) in [7, 11) is 0. The molecular formula is C18H26O5. The third-order valence-corrected chi connectivity index (χ3v) is 3.28. The molecule has 0 aliphatic carbocycles. The molecule has 2 atom stereocenters. The largest absolute Gasteiger partial charge is 0.511 e. The Morgan fingerprint density at radius 3 is 2.13 bits per heavy atom. The molecule has 128 valence electrons. The molecule has 0 spiro atoms. The van der Waals surface area contributed by atoms with Crippen LogP contribution in [-0.2, 0) is 25.4 Å². The second kappa shape index (κ2) is 9.18. The lowest BCUT2D eigenvalue weighted by Crippen LogP contribution is -2.24. The van der Waals surface area contributed by atoms with Gasteiger partial charge in [0.2, 0.25) is 6.29 Å². The van der Waals surface area contributed by atoms with Gasteiger partial charge >= 0.3 is 12.1 Å². The summed E-state index contributed by atoms with van der Waals surface area (Å²) in [6.07, 6.45) is -0.827. The molecule has 0 fully saturated rings. The predicted octanol–water partition coefficient (Wildman–Crippen LogP) is 4.05. The van der Waals surface area contributed by atoms with Gasteiger partial charge in [0.15, 0.2) is 0 Å². The number of benzene rings is 1. The fraction of sp³-hybridized carbons (Fsp3) is 0.556. The minimum Gasteiger partial charge on any atom is -0.435 e. The molecule has 0 aliphatic rings. The van der Waals surface area contributed by atoms with Crippen LogP contribution in [0.4, 0.5) is 4.79 Å². The molecule has 0 saturated heterocycles. The summed E-state index contributed by atoms with van der Waals surface area (Å²) in [5.41, 5.74) is 2.11. The van der Waals surface area contributed by atoms with Crippen LogP contribution in [0.5, 0.6) is 0 Å². The van der Waals surface area contributed by atoms with Crippen LogP contribution in [-0.4, -0.2) is 25.0 Å². The first kappa shape index (κ1) is 19.0. The second-order valence-corrected chi connectivity index (χ2v) is 5.87. The van der Waals surface area contributed by atoms with Crippen molar-refractivity contribution in [1.29, 1.82) is 0 Å². The van der Waals surface area contributed by atoms with Crippen LogP contribution in [0, 0.1) is 5.92 Å². The molecule has 0 heterocycles. The van der Waals surface area contributed by atoms with E-state index in [4.69, 9.17) is 9.47 Å². The van der Waals surface area contributed by atoms with E-state index in [0.29, 0.717) is 5.92 Å². The van der Waals surface area contributed by atoms with E-state index in [1.807, 2.05) is 24.3 Å². The molecule has 0 amide bonds. The zero-order valence-electron chi connectivity index (χ0n) is 14.5. The number of carbonyl (C=O) groups is 2. The molecular weight excluding hydrogens is 296 g/mol. The SMILES string of the molecule is CCOC(=O)OC(C)OC(=O)C(C)c1ccc(CC(C)C)cc1. The van der Waals surface area contributed by atoms with Crippen molar-refractivity contribution in [2.24, 2.45) is 5.92 Å². The van der Waals surface area contributed by atoms with Crippen LogP contribution in [0.25, 0.3) is 0 Å². The van der Waals surface area contributed by atoms with Crippen molar-refractivity contribution in [3.05, 3.63) is 35.4 Å². The smallest absolute Gasteiger partial charge is 0.435 e. The Balaban J connectivity index is 2.57. The zero-order chi connectivity index (χ0) is 17.4. The molecule has 1 aromatic rings.